The highest BCUT2D eigenvalue weighted by atomic mass is 35.5. The van der Waals surface area contributed by atoms with Crippen LogP contribution in [-0.4, -0.2) is 17.5 Å². The van der Waals surface area contributed by atoms with Crippen molar-refractivity contribution in [1.82, 2.24) is 5.01 Å². The van der Waals surface area contributed by atoms with E-state index in [2.05, 4.69) is 16.5 Å². The lowest BCUT2D eigenvalue weighted by Gasteiger charge is -2.37. The molecular formula is C21H15ClN2O3S. The maximum absolute atomic E-state index is 6.33. The standard InChI is InChI=1S/C21H15ClN2O3S/c22-13-4-6-17-14(9-13)16-10-15(12-3-5-18-19(8-12)26-11-25-18)23-24(16)21(27-17)20-2-1-7-28-20/h1-9,16,21H,10-11H2. The molecule has 2 atom stereocenters. The van der Waals surface area contributed by atoms with E-state index in [4.69, 9.17) is 30.9 Å². The quantitative estimate of drug-likeness (QED) is 0.569. The van der Waals surface area contributed by atoms with Gasteiger partial charge >= 0.3 is 0 Å². The van der Waals surface area contributed by atoms with Gasteiger partial charge in [-0.25, -0.2) is 5.01 Å². The average Bonchev–Trinajstić information content (AvgIpc) is 3.46. The summed E-state index contributed by atoms with van der Waals surface area (Å²) >= 11 is 7.95. The summed E-state index contributed by atoms with van der Waals surface area (Å²) in [6.45, 7) is 0.264. The summed E-state index contributed by atoms with van der Waals surface area (Å²) in [6, 6.07) is 16.0. The molecule has 2 unspecified atom stereocenters. The van der Waals surface area contributed by atoms with E-state index < -0.39 is 0 Å². The van der Waals surface area contributed by atoms with Gasteiger partial charge in [0.2, 0.25) is 13.0 Å². The molecule has 1 aromatic heterocycles. The Balaban J connectivity index is 1.44. The van der Waals surface area contributed by atoms with E-state index in [1.807, 2.05) is 42.5 Å². The molecule has 0 saturated carbocycles. The summed E-state index contributed by atoms with van der Waals surface area (Å²) in [4.78, 5) is 1.13. The highest BCUT2D eigenvalue weighted by Crippen LogP contribution is 2.49. The number of hydrogen-bond donors (Lipinski definition) is 0. The zero-order chi connectivity index (χ0) is 18.7. The highest BCUT2D eigenvalue weighted by Gasteiger charge is 2.41. The van der Waals surface area contributed by atoms with Crippen molar-refractivity contribution in [2.45, 2.75) is 18.7 Å². The Morgan fingerprint density at radius 3 is 2.82 bits per heavy atom. The fourth-order valence-electron chi connectivity index (χ4n) is 3.93. The number of hydrazone groups is 1. The summed E-state index contributed by atoms with van der Waals surface area (Å²) in [7, 11) is 0. The molecule has 2 aromatic carbocycles. The van der Waals surface area contributed by atoms with Gasteiger partial charge in [-0.2, -0.15) is 5.10 Å². The van der Waals surface area contributed by atoms with Gasteiger partial charge < -0.3 is 14.2 Å². The van der Waals surface area contributed by atoms with E-state index in [9.17, 15) is 0 Å². The van der Waals surface area contributed by atoms with Crippen molar-refractivity contribution in [2.24, 2.45) is 5.10 Å². The second kappa shape index (κ2) is 6.15. The molecule has 0 saturated heterocycles. The second-order valence-corrected chi connectivity index (χ2v) is 8.30. The van der Waals surface area contributed by atoms with Crippen LogP contribution in [0.3, 0.4) is 0 Å². The fraction of sp³-hybridized carbons (Fsp3) is 0.190. The molecule has 5 nitrogen and oxygen atoms in total. The monoisotopic (exact) mass is 410 g/mol. The summed E-state index contributed by atoms with van der Waals surface area (Å²) in [6.07, 6.45) is 0.531. The number of thiophene rings is 1. The van der Waals surface area contributed by atoms with E-state index in [1.54, 1.807) is 11.3 Å². The molecule has 7 heteroatoms. The lowest BCUT2D eigenvalue weighted by molar-refractivity contribution is -0.0165. The molecule has 0 fully saturated rings. The molecule has 0 spiro atoms. The Labute approximate surface area is 170 Å². The Bertz CT molecular complexity index is 1100. The minimum absolute atomic E-state index is 0.0787. The van der Waals surface area contributed by atoms with Gasteiger partial charge in [-0.15, -0.1) is 11.3 Å². The van der Waals surface area contributed by atoms with E-state index in [0.29, 0.717) is 5.02 Å². The third kappa shape index (κ3) is 2.48. The van der Waals surface area contributed by atoms with Gasteiger partial charge in [0.15, 0.2) is 11.5 Å². The maximum Gasteiger partial charge on any atom is 0.231 e. The Kier molecular flexibility index (Phi) is 3.58. The van der Waals surface area contributed by atoms with Crippen molar-refractivity contribution in [3.63, 3.8) is 0 Å². The number of benzene rings is 2. The summed E-state index contributed by atoms with van der Waals surface area (Å²) < 4.78 is 17.3. The van der Waals surface area contributed by atoms with Crippen LogP contribution in [0, 0.1) is 0 Å². The number of hydrogen-bond acceptors (Lipinski definition) is 6. The van der Waals surface area contributed by atoms with Gasteiger partial charge in [0.05, 0.1) is 16.6 Å². The molecule has 3 aromatic rings. The highest BCUT2D eigenvalue weighted by molar-refractivity contribution is 7.10. The molecule has 4 heterocycles. The maximum atomic E-state index is 6.33. The predicted octanol–water partition coefficient (Wildman–Crippen LogP) is 5.37. The first-order valence-corrected chi connectivity index (χ1v) is 10.3. The van der Waals surface area contributed by atoms with Crippen molar-refractivity contribution in [3.05, 3.63) is 74.9 Å². The van der Waals surface area contributed by atoms with Crippen molar-refractivity contribution in [3.8, 4) is 17.2 Å². The van der Waals surface area contributed by atoms with Crippen LogP contribution in [0.25, 0.3) is 0 Å². The normalized spacial score (nSPS) is 21.8. The van der Waals surface area contributed by atoms with Crippen molar-refractivity contribution < 1.29 is 14.2 Å². The van der Waals surface area contributed by atoms with Gasteiger partial charge in [-0.1, -0.05) is 17.7 Å². The number of halogens is 1. The lowest BCUT2D eigenvalue weighted by atomic mass is 9.96. The predicted molar refractivity (Wildman–Crippen MR) is 107 cm³/mol. The van der Waals surface area contributed by atoms with Crippen LogP contribution in [-0.2, 0) is 0 Å². The van der Waals surface area contributed by atoms with Gasteiger partial charge in [-0.3, -0.25) is 0 Å². The van der Waals surface area contributed by atoms with Crippen LogP contribution in [0.2, 0.25) is 5.02 Å². The van der Waals surface area contributed by atoms with Crippen LogP contribution in [0.5, 0.6) is 17.2 Å². The average molecular weight is 411 g/mol. The van der Waals surface area contributed by atoms with E-state index >= 15 is 0 Å². The van der Waals surface area contributed by atoms with Gasteiger partial charge in [0.25, 0.3) is 0 Å². The van der Waals surface area contributed by atoms with Crippen LogP contribution in [0.4, 0.5) is 0 Å². The Hall–Kier alpha value is -2.70. The largest absolute Gasteiger partial charge is 0.464 e. The number of nitrogens with zero attached hydrogens (tertiary/aromatic N) is 2. The van der Waals surface area contributed by atoms with Gasteiger partial charge in [-0.05, 0) is 47.8 Å². The fourth-order valence-corrected chi connectivity index (χ4v) is 4.85. The smallest absolute Gasteiger partial charge is 0.231 e. The van der Waals surface area contributed by atoms with Crippen LogP contribution in [0.15, 0.2) is 59.0 Å². The van der Waals surface area contributed by atoms with E-state index in [-0.39, 0.29) is 19.1 Å². The molecule has 0 N–H and O–H groups in total. The molecule has 0 bridgehead atoms. The molecule has 0 amide bonds. The molecular weight excluding hydrogens is 396 g/mol. The molecule has 6 rings (SSSR count). The second-order valence-electron chi connectivity index (χ2n) is 6.88. The first kappa shape index (κ1) is 16.3. The lowest BCUT2D eigenvalue weighted by Crippen LogP contribution is -2.33. The van der Waals surface area contributed by atoms with Gasteiger partial charge in [0, 0.05) is 22.6 Å². The summed E-state index contributed by atoms with van der Waals surface area (Å²) in [5, 5.41) is 9.79. The number of ether oxygens (including phenoxy) is 3. The van der Waals surface area contributed by atoms with Crippen molar-refractivity contribution >= 4 is 28.6 Å². The number of rotatable bonds is 2. The zero-order valence-electron chi connectivity index (χ0n) is 14.7. The minimum atomic E-state index is -0.245. The summed E-state index contributed by atoms with van der Waals surface area (Å²) in [5.74, 6) is 2.41. The first-order chi connectivity index (χ1) is 13.8. The molecule has 0 radical (unpaired) electrons. The number of fused-ring (bicyclic) bond motifs is 4. The SMILES string of the molecule is Clc1ccc2c(c1)C1CC(c3ccc4c(c3)OCO4)=NN1C(c1cccs1)O2. The molecule has 140 valence electrons. The molecule has 28 heavy (non-hydrogen) atoms. The first-order valence-electron chi connectivity index (χ1n) is 9.01. The Morgan fingerprint density at radius 1 is 1.04 bits per heavy atom. The molecule has 3 aliphatic heterocycles. The van der Waals surface area contributed by atoms with Crippen LogP contribution in [0.1, 0.15) is 34.7 Å². The van der Waals surface area contributed by atoms with Gasteiger partial charge in [0.1, 0.15) is 5.75 Å². The van der Waals surface area contributed by atoms with Crippen molar-refractivity contribution in [1.29, 1.82) is 0 Å². The van der Waals surface area contributed by atoms with Crippen LogP contribution < -0.4 is 14.2 Å². The third-order valence-electron chi connectivity index (χ3n) is 5.24. The van der Waals surface area contributed by atoms with E-state index in [1.165, 1.54) is 0 Å². The molecule has 3 aliphatic rings. The third-order valence-corrected chi connectivity index (χ3v) is 6.38. The minimum Gasteiger partial charge on any atom is -0.464 e. The zero-order valence-corrected chi connectivity index (χ0v) is 16.2. The molecule has 0 aliphatic carbocycles. The Morgan fingerprint density at radius 2 is 1.93 bits per heavy atom. The van der Waals surface area contributed by atoms with Crippen LogP contribution >= 0.6 is 22.9 Å². The summed E-state index contributed by atoms with van der Waals surface area (Å²) in [5.41, 5.74) is 3.10. The van der Waals surface area contributed by atoms with E-state index in [0.717, 1.165) is 45.4 Å². The topological polar surface area (TPSA) is 43.3 Å². The van der Waals surface area contributed by atoms with Crippen molar-refractivity contribution in [2.75, 3.05) is 6.79 Å².